The molecule has 0 saturated carbocycles. The van der Waals surface area contributed by atoms with Gasteiger partial charge < -0.3 is 0 Å². The van der Waals surface area contributed by atoms with Gasteiger partial charge >= 0.3 is 0 Å². The molecule has 2 heterocycles. The van der Waals surface area contributed by atoms with Gasteiger partial charge in [-0.3, -0.25) is 14.6 Å². The second-order valence-corrected chi connectivity index (χ2v) is 4.60. The van der Waals surface area contributed by atoms with Crippen LogP contribution in [0.25, 0.3) is 0 Å². The van der Waals surface area contributed by atoms with E-state index in [1.165, 1.54) is 24.5 Å². The Hall–Kier alpha value is -2.32. The van der Waals surface area contributed by atoms with Crippen LogP contribution in [0.5, 0.6) is 0 Å². The minimum atomic E-state index is -0.236. The fraction of sp³-hybridized carbons (Fsp3) is 0. The van der Waals surface area contributed by atoms with Gasteiger partial charge in [0.1, 0.15) is 10.9 Å². The third-order valence-corrected chi connectivity index (χ3v) is 3.64. The fourth-order valence-corrected chi connectivity index (χ4v) is 2.73. The Kier molecular flexibility index (Phi) is 1.94. The smallest absolute Gasteiger partial charge is 0.204 e. The highest BCUT2D eigenvalue weighted by Crippen LogP contribution is 2.32. The van der Waals surface area contributed by atoms with Gasteiger partial charge in [-0.1, -0.05) is 0 Å². The van der Waals surface area contributed by atoms with Crippen molar-refractivity contribution in [2.24, 2.45) is 0 Å². The summed E-state index contributed by atoms with van der Waals surface area (Å²) >= 11 is 1.06. The molecule has 4 nitrogen and oxygen atoms in total. The molecule has 1 aliphatic rings. The predicted molar refractivity (Wildman–Crippen MR) is 60.1 cm³/mol. The normalized spacial score (nSPS) is 12.9. The molecule has 0 N–H and O–H groups in total. The van der Waals surface area contributed by atoms with Crippen LogP contribution in [-0.2, 0) is 0 Å². The highest BCUT2D eigenvalue weighted by Gasteiger charge is 2.31. The summed E-state index contributed by atoms with van der Waals surface area (Å²) in [5.74, 6) is -0.441. The van der Waals surface area contributed by atoms with Crippen LogP contribution in [0.2, 0.25) is 0 Å². The summed E-state index contributed by atoms with van der Waals surface area (Å²) in [6.45, 7) is 0. The topological polar surface area (TPSA) is 70.8 Å². The number of aromatic nitrogens is 1. The van der Waals surface area contributed by atoms with Crippen LogP contribution in [0, 0.1) is 11.3 Å². The first-order valence-electron chi connectivity index (χ1n) is 4.79. The molecule has 17 heavy (non-hydrogen) atoms. The molecule has 0 unspecified atom stereocenters. The number of fused-ring (bicyclic) bond motifs is 2. The van der Waals surface area contributed by atoms with Gasteiger partial charge in [0.2, 0.25) is 5.78 Å². The van der Waals surface area contributed by atoms with E-state index in [2.05, 4.69) is 4.98 Å². The molecule has 0 fully saturated rings. The first kappa shape index (κ1) is 9.87. The Morgan fingerprint density at radius 2 is 2.00 bits per heavy atom. The van der Waals surface area contributed by atoms with Gasteiger partial charge in [0.15, 0.2) is 5.78 Å². The number of nitriles is 1. The van der Waals surface area contributed by atoms with Crippen LogP contribution in [0.3, 0.4) is 0 Å². The number of rotatable bonds is 0. The van der Waals surface area contributed by atoms with Gasteiger partial charge in [0, 0.05) is 23.5 Å². The standard InChI is InChI=1S/C12H4N2O2S/c13-4-6-3-8-10(15)9-5-14-2-1-7(9)11(16)12(8)17-6/h1-3,5H. The third-order valence-electron chi connectivity index (χ3n) is 2.60. The van der Waals surface area contributed by atoms with Crippen molar-refractivity contribution >= 4 is 22.9 Å². The lowest BCUT2D eigenvalue weighted by Crippen LogP contribution is -2.18. The Labute approximate surface area is 100 Å². The number of carbonyl (C=O) groups excluding carboxylic acids is 2. The van der Waals surface area contributed by atoms with Crippen molar-refractivity contribution < 1.29 is 9.59 Å². The van der Waals surface area contributed by atoms with E-state index >= 15 is 0 Å². The van der Waals surface area contributed by atoms with Crippen molar-refractivity contribution in [3.8, 4) is 6.07 Å². The number of pyridine rings is 1. The molecule has 0 spiro atoms. The maximum Gasteiger partial charge on any atom is 0.204 e. The maximum absolute atomic E-state index is 12.1. The molecule has 0 saturated heterocycles. The summed E-state index contributed by atoms with van der Waals surface area (Å²) in [4.78, 5) is 28.8. The van der Waals surface area contributed by atoms with Crippen LogP contribution in [0.1, 0.15) is 36.0 Å². The summed E-state index contributed by atoms with van der Waals surface area (Å²) in [6, 6.07) is 4.95. The Balaban J connectivity index is 2.32. The SMILES string of the molecule is N#Cc1cc2c(s1)C(=O)c1ccncc1C2=O. The molecule has 0 atom stereocenters. The van der Waals surface area contributed by atoms with E-state index in [0.29, 0.717) is 26.4 Å². The number of hydrogen-bond acceptors (Lipinski definition) is 5. The number of hydrogen-bond donors (Lipinski definition) is 0. The first-order chi connectivity index (χ1) is 8.22. The molecule has 3 rings (SSSR count). The fourth-order valence-electron chi connectivity index (χ4n) is 1.82. The molecule has 0 radical (unpaired) electrons. The van der Waals surface area contributed by atoms with Gasteiger partial charge in [0.05, 0.1) is 10.4 Å². The Morgan fingerprint density at radius 1 is 1.18 bits per heavy atom. The number of nitrogens with zero attached hydrogens (tertiary/aromatic N) is 2. The van der Waals surface area contributed by atoms with Crippen molar-refractivity contribution in [2.45, 2.75) is 0 Å². The van der Waals surface area contributed by atoms with E-state index in [1.807, 2.05) is 6.07 Å². The van der Waals surface area contributed by atoms with Gasteiger partial charge in [-0.05, 0) is 12.1 Å². The molecule has 5 heteroatoms. The van der Waals surface area contributed by atoms with E-state index < -0.39 is 0 Å². The van der Waals surface area contributed by atoms with E-state index in [1.54, 1.807) is 0 Å². The highest BCUT2D eigenvalue weighted by atomic mass is 32.1. The predicted octanol–water partition coefficient (Wildman–Crippen LogP) is 1.79. The summed E-state index contributed by atoms with van der Waals surface area (Å²) in [5, 5.41) is 8.80. The molecular weight excluding hydrogens is 236 g/mol. The summed E-state index contributed by atoms with van der Waals surface area (Å²) < 4.78 is 0. The van der Waals surface area contributed by atoms with E-state index in [-0.39, 0.29) is 11.6 Å². The molecule has 0 aliphatic heterocycles. The van der Waals surface area contributed by atoms with Crippen molar-refractivity contribution in [2.75, 3.05) is 0 Å². The zero-order chi connectivity index (χ0) is 12.0. The molecular formula is C12H4N2O2S. The minimum Gasteiger partial charge on any atom is -0.288 e. The van der Waals surface area contributed by atoms with Crippen molar-refractivity contribution in [3.05, 3.63) is 51.0 Å². The second kappa shape index (κ2) is 3.34. The second-order valence-electron chi connectivity index (χ2n) is 3.54. The van der Waals surface area contributed by atoms with Crippen LogP contribution in [0.4, 0.5) is 0 Å². The molecule has 2 aromatic rings. The lowest BCUT2D eigenvalue weighted by molar-refractivity contribution is 0.0982. The number of ketones is 2. The quantitative estimate of drug-likeness (QED) is 0.600. The van der Waals surface area contributed by atoms with E-state index in [0.717, 1.165) is 11.3 Å². The summed E-state index contributed by atoms with van der Waals surface area (Å²) in [5.41, 5.74) is 0.994. The summed E-state index contributed by atoms with van der Waals surface area (Å²) in [6.07, 6.45) is 2.87. The Bertz CT molecular complexity index is 657. The van der Waals surface area contributed by atoms with Gasteiger partial charge in [0.25, 0.3) is 0 Å². The average Bonchev–Trinajstić information content (AvgIpc) is 2.80. The van der Waals surface area contributed by atoms with Gasteiger partial charge in [-0.25, -0.2) is 0 Å². The number of carbonyl (C=O) groups is 2. The number of thiophene rings is 1. The molecule has 0 amide bonds. The minimum absolute atomic E-state index is 0.205. The van der Waals surface area contributed by atoms with Gasteiger partial charge in [-0.2, -0.15) is 5.26 Å². The molecule has 2 aromatic heterocycles. The monoisotopic (exact) mass is 240 g/mol. The van der Waals surface area contributed by atoms with E-state index in [4.69, 9.17) is 5.26 Å². The molecule has 80 valence electrons. The first-order valence-corrected chi connectivity index (χ1v) is 5.61. The zero-order valence-electron chi connectivity index (χ0n) is 8.43. The van der Waals surface area contributed by atoms with Gasteiger partial charge in [-0.15, -0.1) is 11.3 Å². The third kappa shape index (κ3) is 1.25. The molecule has 0 bridgehead atoms. The lowest BCUT2D eigenvalue weighted by atomic mass is 9.90. The molecule has 1 aliphatic carbocycles. The van der Waals surface area contributed by atoms with Crippen LogP contribution < -0.4 is 0 Å². The van der Waals surface area contributed by atoms with Crippen LogP contribution in [-0.4, -0.2) is 16.6 Å². The summed E-state index contributed by atoms with van der Waals surface area (Å²) in [7, 11) is 0. The largest absolute Gasteiger partial charge is 0.288 e. The van der Waals surface area contributed by atoms with Crippen LogP contribution in [0.15, 0.2) is 24.5 Å². The van der Waals surface area contributed by atoms with Crippen molar-refractivity contribution in [1.82, 2.24) is 4.98 Å². The average molecular weight is 240 g/mol. The van der Waals surface area contributed by atoms with Crippen molar-refractivity contribution in [3.63, 3.8) is 0 Å². The zero-order valence-corrected chi connectivity index (χ0v) is 9.25. The highest BCUT2D eigenvalue weighted by molar-refractivity contribution is 7.15. The van der Waals surface area contributed by atoms with Crippen LogP contribution >= 0.6 is 11.3 Å². The Morgan fingerprint density at radius 3 is 2.76 bits per heavy atom. The van der Waals surface area contributed by atoms with Crippen molar-refractivity contribution in [1.29, 1.82) is 5.26 Å². The molecule has 0 aromatic carbocycles. The maximum atomic E-state index is 12.1. The van der Waals surface area contributed by atoms with E-state index in [9.17, 15) is 9.59 Å². The lowest BCUT2D eigenvalue weighted by Gasteiger charge is -2.12.